The lowest BCUT2D eigenvalue weighted by atomic mass is 10.0. The van der Waals surface area contributed by atoms with Gasteiger partial charge >= 0.3 is 0 Å². The molecule has 0 unspecified atom stereocenters. The van der Waals surface area contributed by atoms with Gasteiger partial charge in [-0.2, -0.15) is 5.10 Å². The van der Waals surface area contributed by atoms with Crippen LogP contribution in [-0.4, -0.2) is 15.6 Å². The van der Waals surface area contributed by atoms with Crippen molar-refractivity contribution < 1.29 is 4.79 Å². The average molecular weight is 243 g/mol. The van der Waals surface area contributed by atoms with E-state index in [1.165, 1.54) is 0 Å². The van der Waals surface area contributed by atoms with Gasteiger partial charge in [-0.15, -0.1) is 0 Å². The van der Waals surface area contributed by atoms with Crippen LogP contribution < -0.4 is 0 Å². The summed E-state index contributed by atoms with van der Waals surface area (Å²) in [6, 6.07) is 0. The Bertz CT molecular complexity index is 383. The van der Waals surface area contributed by atoms with E-state index in [-0.39, 0.29) is 5.92 Å². The molecule has 0 aliphatic rings. The lowest BCUT2D eigenvalue weighted by Gasteiger charge is -2.04. The van der Waals surface area contributed by atoms with Gasteiger partial charge in [0.05, 0.1) is 16.4 Å². The molecule has 0 saturated carbocycles. The van der Waals surface area contributed by atoms with Crippen molar-refractivity contribution in [2.45, 2.75) is 40.0 Å². The molecular formula is C12H19ClN2O. The van der Waals surface area contributed by atoms with E-state index in [2.05, 4.69) is 5.10 Å². The smallest absolute Gasteiger partial charge is 0.135 e. The molecule has 1 aromatic heterocycles. The lowest BCUT2D eigenvalue weighted by Crippen LogP contribution is -2.07. The highest BCUT2D eigenvalue weighted by Gasteiger charge is 2.12. The summed E-state index contributed by atoms with van der Waals surface area (Å²) in [5.74, 6) is 0.443. The number of hydrogen-bond donors (Lipinski definition) is 0. The topological polar surface area (TPSA) is 34.9 Å². The summed E-state index contributed by atoms with van der Waals surface area (Å²) in [5.41, 5.74) is 1.88. The van der Waals surface area contributed by atoms with Gasteiger partial charge in [0.25, 0.3) is 0 Å². The Morgan fingerprint density at radius 3 is 2.56 bits per heavy atom. The van der Waals surface area contributed by atoms with E-state index in [4.69, 9.17) is 11.6 Å². The van der Waals surface area contributed by atoms with Crippen LogP contribution in [-0.2, 0) is 18.3 Å². The molecule has 1 heterocycles. The molecular weight excluding hydrogens is 224 g/mol. The second-order valence-corrected chi connectivity index (χ2v) is 4.82. The van der Waals surface area contributed by atoms with Gasteiger partial charge in [-0.25, -0.2) is 0 Å². The van der Waals surface area contributed by atoms with Crippen LogP contribution in [0.3, 0.4) is 0 Å². The van der Waals surface area contributed by atoms with Crippen molar-refractivity contribution in [1.82, 2.24) is 9.78 Å². The summed E-state index contributed by atoms with van der Waals surface area (Å²) in [5, 5.41) is 4.98. The molecule has 90 valence electrons. The molecule has 16 heavy (non-hydrogen) atoms. The monoisotopic (exact) mass is 242 g/mol. The number of Topliss-reactive ketones (excluding diaryl/α,β-unsaturated/α-hetero) is 1. The number of ketones is 1. The quantitative estimate of drug-likeness (QED) is 0.796. The summed E-state index contributed by atoms with van der Waals surface area (Å²) < 4.78 is 1.80. The largest absolute Gasteiger partial charge is 0.299 e. The van der Waals surface area contributed by atoms with Crippen molar-refractivity contribution in [1.29, 1.82) is 0 Å². The van der Waals surface area contributed by atoms with Crippen LogP contribution in [0.2, 0.25) is 5.02 Å². The summed E-state index contributed by atoms with van der Waals surface area (Å²) in [6.45, 7) is 5.76. The zero-order valence-electron chi connectivity index (χ0n) is 10.4. The first-order valence-corrected chi connectivity index (χ1v) is 6.02. The Morgan fingerprint density at radius 1 is 1.50 bits per heavy atom. The van der Waals surface area contributed by atoms with E-state index in [1.807, 2.05) is 27.8 Å². The van der Waals surface area contributed by atoms with Gasteiger partial charge in [-0.1, -0.05) is 25.4 Å². The third kappa shape index (κ3) is 3.08. The maximum absolute atomic E-state index is 11.5. The van der Waals surface area contributed by atoms with Crippen molar-refractivity contribution in [3.63, 3.8) is 0 Å². The highest BCUT2D eigenvalue weighted by atomic mass is 35.5. The molecule has 3 nitrogen and oxygen atoms in total. The molecule has 1 rings (SSSR count). The van der Waals surface area contributed by atoms with Crippen LogP contribution >= 0.6 is 11.6 Å². The Labute approximate surface area is 102 Å². The van der Waals surface area contributed by atoms with E-state index in [0.717, 1.165) is 29.3 Å². The number of carbonyl (C=O) groups is 1. The van der Waals surface area contributed by atoms with E-state index in [1.54, 1.807) is 4.68 Å². The summed E-state index contributed by atoms with van der Waals surface area (Å²) in [6.07, 6.45) is 2.28. The summed E-state index contributed by atoms with van der Waals surface area (Å²) in [7, 11) is 1.89. The predicted molar refractivity (Wildman–Crippen MR) is 65.7 cm³/mol. The SMILES string of the molecule is Cc1nn(C)c(CCCC(=O)C(C)C)c1Cl. The first-order chi connectivity index (χ1) is 7.43. The number of aromatic nitrogens is 2. The minimum Gasteiger partial charge on any atom is -0.299 e. The number of aryl methyl sites for hydroxylation is 2. The zero-order chi connectivity index (χ0) is 12.3. The standard InChI is InChI=1S/C12H19ClN2O/c1-8(2)11(16)7-5-6-10-12(13)9(3)14-15(10)4/h8H,5-7H2,1-4H3. The van der Waals surface area contributed by atoms with Crippen LogP contribution in [0.15, 0.2) is 0 Å². The number of nitrogens with zero attached hydrogens (tertiary/aromatic N) is 2. The van der Waals surface area contributed by atoms with Gasteiger partial charge < -0.3 is 0 Å². The molecule has 0 aromatic carbocycles. The van der Waals surface area contributed by atoms with Gasteiger partial charge in [0.2, 0.25) is 0 Å². The highest BCUT2D eigenvalue weighted by molar-refractivity contribution is 6.31. The van der Waals surface area contributed by atoms with Crippen molar-refractivity contribution in [2.24, 2.45) is 13.0 Å². The molecule has 1 aromatic rings. The Balaban J connectivity index is 2.52. The van der Waals surface area contributed by atoms with Crippen molar-refractivity contribution in [3.05, 3.63) is 16.4 Å². The third-order valence-electron chi connectivity index (χ3n) is 2.74. The maximum Gasteiger partial charge on any atom is 0.135 e. The fraction of sp³-hybridized carbons (Fsp3) is 0.667. The minimum absolute atomic E-state index is 0.128. The fourth-order valence-electron chi connectivity index (χ4n) is 1.67. The normalized spacial score (nSPS) is 11.1. The molecule has 0 bridgehead atoms. The minimum atomic E-state index is 0.128. The van der Waals surface area contributed by atoms with E-state index < -0.39 is 0 Å². The van der Waals surface area contributed by atoms with E-state index >= 15 is 0 Å². The summed E-state index contributed by atoms with van der Waals surface area (Å²) in [4.78, 5) is 11.5. The first kappa shape index (κ1) is 13.2. The molecule has 0 atom stereocenters. The number of hydrogen-bond acceptors (Lipinski definition) is 2. The van der Waals surface area contributed by atoms with Gasteiger partial charge in [0.15, 0.2) is 0 Å². The van der Waals surface area contributed by atoms with E-state index in [0.29, 0.717) is 12.2 Å². The molecule has 4 heteroatoms. The molecule has 0 N–H and O–H groups in total. The van der Waals surface area contributed by atoms with Gasteiger partial charge in [-0.05, 0) is 19.8 Å². The number of rotatable bonds is 5. The van der Waals surface area contributed by atoms with Gasteiger partial charge in [0, 0.05) is 19.4 Å². The predicted octanol–water partition coefficient (Wildman–Crippen LogP) is 2.93. The van der Waals surface area contributed by atoms with Gasteiger partial charge in [0.1, 0.15) is 5.78 Å². The molecule has 0 saturated heterocycles. The fourth-order valence-corrected chi connectivity index (χ4v) is 1.93. The lowest BCUT2D eigenvalue weighted by molar-refractivity contribution is -0.121. The Kier molecular flexibility index (Phi) is 4.54. The molecule has 0 aliphatic heterocycles. The van der Waals surface area contributed by atoms with Crippen LogP contribution in [0.4, 0.5) is 0 Å². The van der Waals surface area contributed by atoms with Crippen LogP contribution in [0, 0.1) is 12.8 Å². The van der Waals surface area contributed by atoms with Gasteiger partial charge in [-0.3, -0.25) is 9.48 Å². The van der Waals surface area contributed by atoms with Crippen molar-refractivity contribution in [2.75, 3.05) is 0 Å². The average Bonchev–Trinajstić information content (AvgIpc) is 2.44. The number of halogens is 1. The summed E-state index contributed by atoms with van der Waals surface area (Å²) >= 11 is 6.12. The Morgan fingerprint density at radius 2 is 2.12 bits per heavy atom. The maximum atomic E-state index is 11.5. The molecule has 0 amide bonds. The first-order valence-electron chi connectivity index (χ1n) is 5.64. The second kappa shape index (κ2) is 5.48. The van der Waals surface area contributed by atoms with Crippen molar-refractivity contribution in [3.8, 4) is 0 Å². The van der Waals surface area contributed by atoms with E-state index in [9.17, 15) is 4.79 Å². The second-order valence-electron chi connectivity index (χ2n) is 4.44. The third-order valence-corrected chi connectivity index (χ3v) is 3.23. The van der Waals surface area contributed by atoms with Crippen LogP contribution in [0.1, 0.15) is 38.1 Å². The van der Waals surface area contributed by atoms with Crippen molar-refractivity contribution >= 4 is 17.4 Å². The van der Waals surface area contributed by atoms with Crippen LogP contribution in [0.25, 0.3) is 0 Å². The number of carbonyl (C=O) groups excluding carboxylic acids is 1. The Hall–Kier alpha value is -0.830. The molecule has 0 radical (unpaired) electrons. The highest BCUT2D eigenvalue weighted by Crippen LogP contribution is 2.21. The molecule has 0 spiro atoms. The van der Waals surface area contributed by atoms with Crippen LogP contribution in [0.5, 0.6) is 0 Å². The molecule has 0 aliphatic carbocycles. The molecule has 0 fully saturated rings. The zero-order valence-corrected chi connectivity index (χ0v) is 11.1.